The topological polar surface area (TPSA) is 51.2 Å². The molecule has 0 aromatic carbocycles. The van der Waals surface area contributed by atoms with Gasteiger partial charge in [-0.05, 0) is 16.2 Å². The maximum absolute atomic E-state index is 11.1. The highest BCUT2D eigenvalue weighted by atomic mass is 33.1. The van der Waals surface area contributed by atoms with Gasteiger partial charge in [-0.2, -0.15) is 0 Å². The molecule has 1 atom stereocenters. The Hall–Kier alpha value is -0.330. The van der Waals surface area contributed by atoms with Crippen molar-refractivity contribution in [3.8, 4) is 0 Å². The SMILES string of the molecule is C=CCS(=O)C/C=C\SS(=O)(=O)CC=C. The van der Waals surface area contributed by atoms with E-state index in [4.69, 9.17) is 0 Å². The average Bonchev–Trinajstić information content (AvgIpc) is 2.13. The van der Waals surface area contributed by atoms with E-state index in [1.165, 1.54) is 11.5 Å². The van der Waals surface area contributed by atoms with Gasteiger partial charge in [-0.1, -0.05) is 18.2 Å². The highest BCUT2D eigenvalue weighted by molar-refractivity contribution is 8.73. The van der Waals surface area contributed by atoms with E-state index in [9.17, 15) is 12.6 Å². The first-order valence-corrected chi connectivity index (χ1v) is 8.68. The minimum absolute atomic E-state index is 0.0578. The van der Waals surface area contributed by atoms with E-state index >= 15 is 0 Å². The van der Waals surface area contributed by atoms with Gasteiger partial charge in [0.25, 0.3) is 0 Å². The van der Waals surface area contributed by atoms with Gasteiger partial charge in [0.1, 0.15) is 0 Å². The Balaban J connectivity index is 3.95. The normalized spacial score (nSPS) is 13.9. The summed E-state index contributed by atoms with van der Waals surface area (Å²) in [5.41, 5.74) is 0. The predicted molar refractivity (Wildman–Crippen MR) is 68.8 cm³/mol. The molecule has 0 bridgehead atoms. The summed E-state index contributed by atoms with van der Waals surface area (Å²) in [5.74, 6) is 0.717. The van der Waals surface area contributed by atoms with Gasteiger partial charge >= 0.3 is 0 Å². The molecule has 6 heteroatoms. The Morgan fingerprint density at radius 1 is 1.20 bits per heavy atom. The average molecular weight is 266 g/mol. The zero-order valence-corrected chi connectivity index (χ0v) is 10.7. The maximum atomic E-state index is 11.1. The summed E-state index contributed by atoms with van der Waals surface area (Å²) >= 11 is 0. The smallest absolute Gasteiger partial charge is 0.209 e. The van der Waals surface area contributed by atoms with Crippen molar-refractivity contribution in [3.05, 3.63) is 36.8 Å². The fourth-order valence-corrected chi connectivity index (χ4v) is 3.46. The fraction of sp³-hybridized carbons (Fsp3) is 0.333. The Morgan fingerprint density at radius 3 is 2.40 bits per heavy atom. The molecule has 0 saturated carbocycles. The van der Waals surface area contributed by atoms with E-state index in [0.29, 0.717) is 11.5 Å². The summed E-state index contributed by atoms with van der Waals surface area (Å²) in [6, 6.07) is 0. The molecule has 0 N–H and O–H groups in total. The van der Waals surface area contributed by atoms with Crippen LogP contribution in [0.4, 0.5) is 0 Å². The van der Waals surface area contributed by atoms with Crippen LogP contribution in [0.2, 0.25) is 0 Å². The molecule has 0 amide bonds. The molecular weight excluding hydrogens is 252 g/mol. The van der Waals surface area contributed by atoms with Gasteiger partial charge in [0.05, 0.1) is 5.75 Å². The van der Waals surface area contributed by atoms with Gasteiger partial charge in [0.15, 0.2) is 0 Å². The van der Waals surface area contributed by atoms with E-state index < -0.39 is 19.7 Å². The largest absolute Gasteiger partial charge is 0.259 e. The zero-order chi connectivity index (χ0) is 11.7. The summed E-state index contributed by atoms with van der Waals surface area (Å²) in [4.78, 5) is 0. The van der Waals surface area contributed by atoms with Crippen LogP contribution in [-0.2, 0) is 19.7 Å². The molecule has 0 radical (unpaired) electrons. The van der Waals surface area contributed by atoms with Crippen LogP contribution in [0.1, 0.15) is 0 Å². The molecule has 0 aliphatic rings. The van der Waals surface area contributed by atoms with Crippen LogP contribution in [0.15, 0.2) is 36.8 Å². The Kier molecular flexibility index (Phi) is 7.72. The van der Waals surface area contributed by atoms with Gasteiger partial charge in [-0.3, -0.25) is 4.21 Å². The lowest BCUT2D eigenvalue weighted by atomic mass is 10.8. The van der Waals surface area contributed by atoms with Crippen LogP contribution < -0.4 is 0 Å². The molecule has 1 unspecified atom stereocenters. The second-order valence-electron chi connectivity index (χ2n) is 2.54. The molecule has 0 saturated heterocycles. The first-order chi connectivity index (χ1) is 7.02. The molecule has 0 aromatic rings. The molecule has 0 fully saturated rings. The van der Waals surface area contributed by atoms with Crippen molar-refractivity contribution in [1.82, 2.24) is 0 Å². The van der Waals surface area contributed by atoms with Crippen LogP contribution in [-0.4, -0.2) is 29.9 Å². The minimum Gasteiger partial charge on any atom is -0.259 e. The molecule has 0 aromatic heterocycles. The van der Waals surface area contributed by atoms with Gasteiger partial charge in [-0.25, -0.2) is 8.42 Å². The van der Waals surface area contributed by atoms with Crippen LogP contribution in [0.3, 0.4) is 0 Å². The number of hydrogen-bond donors (Lipinski definition) is 0. The quantitative estimate of drug-likeness (QED) is 0.495. The van der Waals surface area contributed by atoms with Crippen LogP contribution >= 0.6 is 10.8 Å². The zero-order valence-electron chi connectivity index (χ0n) is 8.29. The molecule has 0 aliphatic carbocycles. The summed E-state index contributed by atoms with van der Waals surface area (Å²) < 4.78 is 33.4. The molecule has 0 spiro atoms. The van der Waals surface area contributed by atoms with Crippen LogP contribution in [0.5, 0.6) is 0 Å². The van der Waals surface area contributed by atoms with Crippen LogP contribution in [0, 0.1) is 0 Å². The lowest BCUT2D eigenvalue weighted by Gasteiger charge is -1.94. The Bertz CT molecular complexity index is 355. The Labute approximate surface area is 97.1 Å². The highest BCUT2D eigenvalue weighted by Gasteiger charge is 2.05. The van der Waals surface area contributed by atoms with Gasteiger partial charge in [-0.15, -0.1) is 13.2 Å². The molecule has 86 valence electrons. The highest BCUT2D eigenvalue weighted by Crippen LogP contribution is 2.14. The molecule has 0 heterocycles. The van der Waals surface area contributed by atoms with Crippen LogP contribution in [0.25, 0.3) is 0 Å². The molecular formula is C9H14O3S3. The fourth-order valence-electron chi connectivity index (χ4n) is 0.654. The van der Waals surface area contributed by atoms with Gasteiger partial charge in [0, 0.05) is 22.3 Å². The lowest BCUT2D eigenvalue weighted by molar-refractivity contribution is 0.613. The number of rotatable bonds is 8. The summed E-state index contributed by atoms with van der Waals surface area (Å²) in [7, 11) is -3.41. The summed E-state index contributed by atoms with van der Waals surface area (Å²) in [5, 5.41) is 1.44. The minimum atomic E-state index is -3.15. The predicted octanol–water partition coefficient (Wildman–Crippen LogP) is 1.68. The van der Waals surface area contributed by atoms with Crippen molar-refractivity contribution >= 4 is 30.5 Å². The van der Waals surface area contributed by atoms with Crippen molar-refractivity contribution in [2.45, 2.75) is 0 Å². The maximum Gasteiger partial charge on any atom is 0.209 e. The van der Waals surface area contributed by atoms with Crippen molar-refractivity contribution in [2.24, 2.45) is 0 Å². The van der Waals surface area contributed by atoms with E-state index in [2.05, 4.69) is 13.2 Å². The van der Waals surface area contributed by atoms with Crippen molar-refractivity contribution < 1.29 is 12.6 Å². The first-order valence-electron chi connectivity index (χ1n) is 4.14. The lowest BCUT2D eigenvalue weighted by Crippen LogP contribution is -1.98. The third-order valence-corrected chi connectivity index (χ3v) is 5.24. The standard InChI is InChI=1S/C9H14O3S3/c1-3-7-14(10)8-5-6-13-15(11,12)9-4-2/h3-6H,1-2,7-9H2/b6-5-. The van der Waals surface area contributed by atoms with Gasteiger partial charge in [0.2, 0.25) is 8.87 Å². The van der Waals surface area contributed by atoms with Crippen molar-refractivity contribution in [2.75, 3.05) is 17.3 Å². The van der Waals surface area contributed by atoms with Crippen molar-refractivity contribution in [1.29, 1.82) is 0 Å². The van der Waals surface area contributed by atoms with Crippen molar-refractivity contribution in [3.63, 3.8) is 0 Å². The second kappa shape index (κ2) is 7.90. The summed E-state index contributed by atoms with van der Waals surface area (Å²) in [6.45, 7) is 6.81. The Morgan fingerprint density at radius 2 is 1.87 bits per heavy atom. The molecule has 0 aliphatic heterocycles. The van der Waals surface area contributed by atoms with E-state index in [1.54, 1.807) is 12.2 Å². The van der Waals surface area contributed by atoms with E-state index in [-0.39, 0.29) is 5.75 Å². The molecule has 0 rings (SSSR count). The monoisotopic (exact) mass is 266 g/mol. The second-order valence-corrected chi connectivity index (χ2v) is 8.10. The van der Waals surface area contributed by atoms with E-state index in [0.717, 1.165) is 10.8 Å². The van der Waals surface area contributed by atoms with Gasteiger partial charge < -0.3 is 0 Å². The third-order valence-electron chi connectivity index (χ3n) is 1.21. The molecule has 3 nitrogen and oxygen atoms in total. The first kappa shape index (κ1) is 14.7. The molecule has 15 heavy (non-hydrogen) atoms. The number of hydrogen-bond acceptors (Lipinski definition) is 4. The third kappa shape index (κ3) is 8.65. The van der Waals surface area contributed by atoms with E-state index in [1.807, 2.05) is 0 Å². The summed E-state index contributed by atoms with van der Waals surface area (Å²) in [6.07, 6.45) is 4.50.